The van der Waals surface area contributed by atoms with Crippen molar-refractivity contribution in [1.29, 1.82) is 0 Å². The van der Waals surface area contributed by atoms with E-state index in [0.717, 1.165) is 22.6 Å². The van der Waals surface area contributed by atoms with Crippen LogP contribution in [0, 0.1) is 6.17 Å². The number of benzene rings is 7. The molecule has 281 valence electrons. The minimum absolute atomic E-state index is 0.336. The number of fused-ring (bicyclic) bond motifs is 2. The first kappa shape index (κ1) is 37.1. The van der Waals surface area contributed by atoms with Gasteiger partial charge in [-0.05, 0) is 93.8 Å². The van der Waals surface area contributed by atoms with Crippen molar-refractivity contribution in [3.05, 3.63) is 192 Å². The third kappa shape index (κ3) is 6.53. The molecule has 1 heterocycles. The zero-order valence-electron chi connectivity index (χ0n) is 34.2. The molecule has 0 fully saturated rings. The van der Waals surface area contributed by atoms with E-state index >= 15 is 0 Å². The maximum Gasteiger partial charge on any atom is 0.196 e. The Morgan fingerprint density at radius 2 is 0.786 bits per heavy atom. The number of nitrogens with zero attached hydrogens (tertiary/aromatic N) is 3. The second-order valence-electron chi connectivity index (χ2n) is 16.4. The Kier molecular flexibility index (Phi) is 10.2. The zero-order valence-corrected chi connectivity index (χ0v) is 34.2. The van der Waals surface area contributed by atoms with Crippen LogP contribution in [0.1, 0.15) is 107 Å². The highest BCUT2D eigenvalue weighted by molar-refractivity contribution is 6.00. The van der Waals surface area contributed by atoms with Gasteiger partial charge in [0.25, 0.3) is 0 Å². The van der Waals surface area contributed by atoms with Gasteiger partial charge in [0.2, 0.25) is 0 Å². The topological polar surface area (TPSA) is 9.72 Å². The van der Waals surface area contributed by atoms with Crippen LogP contribution in [-0.4, -0.2) is 0 Å². The van der Waals surface area contributed by atoms with Crippen molar-refractivity contribution >= 4 is 50.6 Å². The third-order valence-corrected chi connectivity index (χ3v) is 11.3. The summed E-state index contributed by atoms with van der Waals surface area (Å²) < 4.78 is 0. The van der Waals surface area contributed by atoms with Crippen LogP contribution in [-0.2, 0) is 0 Å². The molecule has 3 nitrogen and oxygen atoms in total. The van der Waals surface area contributed by atoms with Gasteiger partial charge in [0.05, 0.1) is 28.4 Å². The van der Waals surface area contributed by atoms with Crippen LogP contribution in [0.2, 0.25) is 0 Å². The highest BCUT2D eigenvalue weighted by Gasteiger charge is 2.44. The van der Waals surface area contributed by atoms with Gasteiger partial charge in [-0.25, -0.2) is 0 Å². The van der Waals surface area contributed by atoms with Gasteiger partial charge in [-0.3, -0.25) is 0 Å². The van der Waals surface area contributed by atoms with Crippen molar-refractivity contribution in [2.45, 2.75) is 79.1 Å². The monoisotopic (exact) mass is 732 g/mol. The van der Waals surface area contributed by atoms with Gasteiger partial charge in [-0.1, -0.05) is 171 Å². The van der Waals surface area contributed by atoms with Gasteiger partial charge in [-0.2, -0.15) is 0 Å². The molecular formula is C53H54N3. The summed E-state index contributed by atoms with van der Waals surface area (Å²) in [6.07, 6.45) is 1.17. The number of anilines is 7. The molecule has 0 atom stereocenters. The smallest absolute Gasteiger partial charge is 0.196 e. The lowest BCUT2D eigenvalue weighted by Crippen LogP contribution is -2.33. The Balaban J connectivity index is 1.39. The summed E-state index contributed by atoms with van der Waals surface area (Å²) in [6.45, 7) is 18.6. The highest BCUT2D eigenvalue weighted by Crippen LogP contribution is 2.57. The molecule has 0 saturated carbocycles. The largest absolute Gasteiger partial charge is 0.310 e. The molecular weight excluding hydrogens is 679 g/mol. The van der Waals surface area contributed by atoms with E-state index in [1.807, 2.05) is 0 Å². The van der Waals surface area contributed by atoms with E-state index in [-0.39, 0.29) is 0 Å². The summed E-state index contributed by atoms with van der Waals surface area (Å²) in [5.41, 5.74) is 15.0. The Bertz CT molecular complexity index is 2310. The molecule has 3 heteroatoms. The Morgan fingerprint density at radius 3 is 1.29 bits per heavy atom. The summed E-state index contributed by atoms with van der Waals surface area (Å²) in [6, 6.07) is 58.2. The summed E-state index contributed by atoms with van der Waals surface area (Å²) in [7, 11) is 0. The molecule has 0 aliphatic carbocycles. The molecule has 0 unspecified atom stereocenters. The van der Waals surface area contributed by atoms with Crippen molar-refractivity contribution in [1.82, 2.24) is 0 Å². The van der Waals surface area contributed by atoms with Crippen LogP contribution in [0.3, 0.4) is 0 Å². The van der Waals surface area contributed by atoms with Crippen LogP contribution < -0.4 is 14.7 Å². The third-order valence-electron chi connectivity index (χ3n) is 11.3. The van der Waals surface area contributed by atoms with Crippen LogP contribution in [0.4, 0.5) is 39.8 Å². The van der Waals surface area contributed by atoms with Crippen LogP contribution >= 0.6 is 0 Å². The molecule has 56 heavy (non-hydrogen) atoms. The first-order chi connectivity index (χ1) is 27.2. The fourth-order valence-corrected chi connectivity index (χ4v) is 8.59. The van der Waals surface area contributed by atoms with E-state index in [1.54, 1.807) is 0 Å². The van der Waals surface area contributed by atoms with E-state index in [2.05, 4.69) is 228 Å². The molecule has 7 aromatic rings. The molecule has 1 aliphatic heterocycles. The van der Waals surface area contributed by atoms with Crippen molar-refractivity contribution in [2.24, 2.45) is 0 Å². The lowest BCUT2D eigenvalue weighted by atomic mass is 9.90. The minimum Gasteiger partial charge on any atom is -0.310 e. The second kappa shape index (κ2) is 15.4. The van der Waals surface area contributed by atoms with E-state index < -0.39 is 0 Å². The number of hydrogen-bond donors (Lipinski definition) is 0. The first-order valence-corrected chi connectivity index (χ1v) is 20.4. The van der Waals surface area contributed by atoms with Crippen molar-refractivity contribution in [3.63, 3.8) is 0 Å². The molecule has 0 saturated heterocycles. The minimum atomic E-state index is 0.336. The number of rotatable bonds is 10. The maximum atomic E-state index is 2.59. The van der Waals surface area contributed by atoms with Crippen LogP contribution in [0.15, 0.2) is 158 Å². The van der Waals surface area contributed by atoms with Crippen molar-refractivity contribution in [3.8, 4) is 0 Å². The summed E-state index contributed by atoms with van der Waals surface area (Å²) in [4.78, 5) is 7.58. The molecule has 8 rings (SSSR count). The van der Waals surface area contributed by atoms with Gasteiger partial charge in [-0.15, -0.1) is 0 Å². The fraction of sp³-hybridized carbons (Fsp3) is 0.226. The molecule has 0 aromatic heterocycles. The predicted octanol–water partition coefficient (Wildman–Crippen LogP) is 15.6. The molecule has 7 aromatic carbocycles. The summed E-state index contributed by atoms with van der Waals surface area (Å²) >= 11 is 0. The zero-order chi connectivity index (χ0) is 39.1. The quantitative estimate of drug-likeness (QED) is 0.139. The van der Waals surface area contributed by atoms with Crippen molar-refractivity contribution in [2.75, 3.05) is 14.7 Å². The van der Waals surface area contributed by atoms with E-state index in [4.69, 9.17) is 0 Å². The Morgan fingerprint density at radius 1 is 0.375 bits per heavy atom. The van der Waals surface area contributed by atoms with Gasteiger partial charge in [0, 0.05) is 22.3 Å². The summed E-state index contributed by atoms with van der Waals surface area (Å²) in [5, 5.41) is 2.45. The number of hydrogen-bond acceptors (Lipinski definition) is 3. The second-order valence-corrected chi connectivity index (χ2v) is 16.4. The molecule has 1 aliphatic rings. The molecule has 0 bridgehead atoms. The molecule has 0 amide bonds. The molecule has 0 spiro atoms. The number of para-hydroxylation sites is 5. The standard InChI is InChI=1S/C53H54N3/c1-35(2)43-24-17-25-44(36(3)4)51(43)55-49-28-14-15-29-50(49)56(52-45(37(5)6)26-18-27-46(52)38(7)8)53(55)40-31-33-42(34-32-40)54(41-21-10-9-11-22-41)48-30-16-20-39-19-12-13-23-47(39)48/h9-38H,1-8H3. The Labute approximate surface area is 334 Å². The van der Waals surface area contributed by atoms with Gasteiger partial charge >= 0.3 is 0 Å². The fourth-order valence-electron chi connectivity index (χ4n) is 8.59. The maximum absolute atomic E-state index is 2.59. The highest BCUT2D eigenvalue weighted by atomic mass is 15.4. The summed E-state index contributed by atoms with van der Waals surface area (Å²) in [5.74, 6) is 1.34. The van der Waals surface area contributed by atoms with E-state index in [9.17, 15) is 0 Å². The van der Waals surface area contributed by atoms with Gasteiger partial charge < -0.3 is 14.7 Å². The SMILES string of the molecule is CC(C)c1cccc(C(C)C)c1N1[C](c2ccc(N(c3ccccc3)c3cccc4ccccc34)cc2)N(c2c(C(C)C)cccc2C(C)C)c2ccccc21. The van der Waals surface area contributed by atoms with Gasteiger partial charge in [0.1, 0.15) is 0 Å². The van der Waals surface area contributed by atoms with Gasteiger partial charge in [0.15, 0.2) is 6.17 Å². The average Bonchev–Trinajstić information content (AvgIpc) is 3.55. The van der Waals surface area contributed by atoms with Crippen molar-refractivity contribution < 1.29 is 0 Å². The molecule has 0 N–H and O–H groups in total. The van der Waals surface area contributed by atoms with E-state index in [0.29, 0.717) is 23.7 Å². The van der Waals surface area contributed by atoms with E-state index in [1.165, 1.54) is 61.9 Å². The predicted molar refractivity (Wildman–Crippen MR) is 241 cm³/mol. The lowest BCUT2D eigenvalue weighted by molar-refractivity contribution is 0.807. The van der Waals surface area contributed by atoms with Crippen LogP contribution in [0.5, 0.6) is 0 Å². The average molecular weight is 733 g/mol. The lowest BCUT2D eigenvalue weighted by Gasteiger charge is -2.37. The normalized spacial score (nSPS) is 13.1. The van der Waals surface area contributed by atoms with Crippen LogP contribution in [0.25, 0.3) is 10.8 Å². The first-order valence-electron chi connectivity index (χ1n) is 20.4. The Hall–Kier alpha value is -5.80. The molecule has 1 radical (unpaired) electrons.